The number of aliphatic hydroxyl groups excluding tert-OH is 1. The summed E-state index contributed by atoms with van der Waals surface area (Å²) < 4.78 is 6.59. The van der Waals surface area contributed by atoms with E-state index in [1.54, 1.807) is 17.0 Å². The van der Waals surface area contributed by atoms with E-state index in [2.05, 4.69) is 6.58 Å². The number of anilines is 1. The summed E-state index contributed by atoms with van der Waals surface area (Å²) in [4.78, 5) is 43.9. The van der Waals surface area contributed by atoms with Crippen LogP contribution in [0.25, 0.3) is 0 Å². The Kier molecular flexibility index (Phi) is 7.51. The smallest absolute Gasteiger partial charge is 0.310 e. The molecule has 9 heteroatoms. The van der Waals surface area contributed by atoms with Crippen molar-refractivity contribution in [3.63, 3.8) is 0 Å². The number of amides is 2. The molecule has 1 aromatic carbocycles. The zero-order valence-electron chi connectivity index (χ0n) is 20.9. The lowest BCUT2D eigenvalue weighted by molar-refractivity contribution is -0.155. The van der Waals surface area contributed by atoms with E-state index >= 15 is 0 Å². The Bertz CT molecular complexity index is 1040. The van der Waals surface area contributed by atoms with E-state index in [1.165, 1.54) is 4.90 Å². The average Bonchev–Trinajstić information content (AvgIpc) is 3.44. The molecule has 2 bridgehead atoms. The van der Waals surface area contributed by atoms with Crippen LogP contribution in [-0.4, -0.2) is 69.8 Å². The van der Waals surface area contributed by atoms with Gasteiger partial charge in [0.25, 0.3) is 5.91 Å². The van der Waals surface area contributed by atoms with Crippen LogP contribution in [0, 0.1) is 18.8 Å². The largest absolute Gasteiger partial charge is 0.481 e. The number of unbranched alkanes of at least 4 members (excludes halogenated alkanes) is 2. The molecule has 3 fully saturated rings. The average molecular weight is 519 g/mol. The van der Waals surface area contributed by atoms with Crippen molar-refractivity contribution in [2.24, 2.45) is 11.8 Å². The predicted molar refractivity (Wildman–Crippen MR) is 136 cm³/mol. The third-order valence-corrected chi connectivity index (χ3v) is 8.58. The predicted octanol–water partition coefficient (Wildman–Crippen LogP) is 3.57. The normalized spacial score (nSPS) is 30.5. The highest BCUT2D eigenvalue weighted by Crippen LogP contribution is 2.64. The van der Waals surface area contributed by atoms with Crippen molar-refractivity contribution in [2.45, 2.75) is 69.6 Å². The van der Waals surface area contributed by atoms with Gasteiger partial charge in [-0.15, -0.1) is 6.58 Å². The number of carboxylic acid groups (broad SMARTS) is 1. The molecule has 2 amide bonds. The van der Waals surface area contributed by atoms with Gasteiger partial charge in [0, 0.05) is 19.7 Å². The first kappa shape index (κ1) is 26.6. The van der Waals surface area contributed by atoms with Crippen molar-refractivity contribution >= 4 is 35.1 Å². The zero-order valence-corrected chi connectivity index (χ0v) is 21.7. The van der Waals surface area contributed by atoms with Gasteiger partial charge in [0.1, 0.15) is 17.6 Å². The maximum Gasteiger partial charge on any atom is 0.310 e. The van der Waals surface area contributed by atoms with E-state index in [9.17, 15) is 24.6 Å². The van der Waals surface area contributed by atoms with E-state index in [4.69, 9.17) is 16.3 Å². The van der Waals surface area contributed by atoms with Gasteiger partial charge in [-0.25, -0.2) is 0 Å². The SMILES string of the molecule is C=CCN(C(=O)C1N(CCCCCO)C(=O)[C@@H]2[C@H](C(=O)O)[C@]3(CC)CCC12O3)c1c(C)cccc1Cl. The fraction of sp³-hybridized carbons (Fsp3) is 0.593. The lowest BCUT2D eigenvalue weighted by atomic mass is 9.65. The number of para-hydroxylation sites is 1. The first-order valence-electron chi connectivity index (χ1n) is 12.7. The molecule has 3 heterocycles. The molecule has 0 aliphatic carbocycles. The molecule has 0 saturated carbocycles. The number of rotatable bonds is 11. The van der Waals surface area contributed by atoms with Gasteiger partial charge in [-0.05, 0) is 57.1 Å². The summed E-state index contributed by atoms with van der Waals surface area (Å²) in [5, 5.41) is 19.8. The van der Waals surface area contributed by atoms with E-state index in [-0.39, 0.29) is 31.5 Å². The van der Waals surface area contributed by atoms with Gasteiger partial charge >= 0.3 is 5.97 Å². The minimum atomic E-state index is -1.21. The molecule has 0 aromatic heterocycles. The van der Waals surface area contributed by atoms with Gasteiger partial charge in [0.2, 0.25) is 5.91 Å². The van der Waals surface area contributed by atoms with Gasteiger partial charge in [0.05, 0.1) is 22.2 Å². The highest BCUT2D eigenvalue weighted by atomic mass is 35.5. The number of nitrogens with zero attached hydrogens (tertiary/aromatic N) is 2. The fourth-order valence-corrected chi connectivity index (χ4v) is 7.04. The minimum Gasteiger partial charge on any atom is -0.481 e. The lowest BCUT2D eigenvalue weighted by Crippen LogP contribution is -2.56. The molecular formula is C27H35ClN2O6. The number of carbonyl (C=O) groups excluding carboxylic acids is 2. The van der Waals surface area contributed by atoms with Gasteiger partial charge in [-0.2, -0.15) is 0 Å². The van der Waals surface area contributed by atoms with Crippen molar-refractivity contribution in [3.05, 3.63) is 41.4 Å². The number of carboxylic acids is 1. The topological polar surface area (TPSA) is 107 Å². The molecular weight excluding hydrogens is 484 g/mol. The Balaban J connectivity index is 1.81. The quantitative estimate of drug-likeness (QED) is 0.342. The number of carbonyl (C=O) groups is 3. The number of hydrogen-bond donors (Lipinski definition) is 2. The van der Waals surface area contributed by atoms with E-state index < -0.39 is 35.0 Å². The third-order valence-electron chi connectivity index (χ3n) is 8.27. The lowest BCUT2D eigenvalue weighted by Gasteiger charge is -2.37. The van der Waals surface area contributed by atoms with Gasteiger partial charge < -0.3 is 24.7 Å². The zero-order chi connectivity index (χ0) is 26.3. The van der Waals surface area contributed by atoms with Crippen LogP contribution in [0.4, 0.5) is 5.69 Å². The summed E-state index contributed by atoms with van der Waals surface area (Å²) in [6.07, 6.45) is 4.84. The molecule has 0 radical (unpaired) electrons. The summed E-state index contributed by atoms with van der Waals surface area (Å²) in [6.45, 7) is 8.06. The van der Waals surface area contributed by atoms with Crippen LogP contribution < -0.4 is 4.90 Å². The number of benzene rings is 1. The van der Waals surface area contributed by atoms with Crippen LogP contribution in [-0.2, 0) is 19.1 Å². The summed E-state index contributed by atoms with van der Waals surface area (Å²) in [6, 6.07) is 4.41. The van der Waals surface area contributed by atoms with Crippen LogP contribution in [0.3, 0.4) is 0 Å². The number of aliphatic carboxylic acids is 1. The molecule has 3 aliphatic rings. The molecule has 2 unspecified atom stereocenters. The molecule has 36 heavy (non-hydrogen) atoms. The molecule has 4 rings (SSSR count). The highest BCUT2D eigenvalue weighted by Gasteiger charge is 2.79. The number of likely N-dealkylation sites (tertiary alicyclic amines) is 1. The summed E-state index contributed by atoms with van der Waals surface area (Å²) in [5.41, 5.74) is -0.824. The van der Waals surface area contributed by atoms with Crippen LogP contribution in [0.5, 0.6) is 0 Å². The molecule has 5 atom stereocenters. The number of fused-ring (bicyclic) bond motifs is 1. The number of aryl methyl sites for hydroxylation is 1. The molecule has 3 saturated heterocycles. The molecule has 8 nitrogen and oxygen atoms in total. The number of aliphatic hydroxyl groups is 1. The van der Waals surface area contributed by atoms with Crippen LogP contribution in [0.2, 0.25) is 5.02 Å². The number of hydrogen-bond acceptors (Lipinski definition) is 5. The molecule has 1 spiro atoms. The number of halogens is 1. The molecule has 2 N–H and O–H groups in total. The van der Waals surface area contributed by atoms with E-state index in [1.807, 2.05) is 26.0 Å². The first-order chi connectivity index (χ1) is 17.2. The summed E-state index contributed by atoms with van der Waals surface area (Å²) >= 11 is 6.55. The van der Waals surface area contributed by atoms with Gasteiger partial charge in [0.15, 0.2) is 0 Å². The first-order valence-corrected chi connectivity index (χ1v) is 13.1. The van der Waals surface area contributed by atoms with Crippen molar-refractivity contribution in [3.8, 4) is 0 Å². The highest BCUT2D eigenvalue weighted by molar-refractivity contribution is 6.34. The second kappa shape index (κ2) is 10.1. The van der Waals surface area contributed by atoms with E-state index in [0.29, 0.717) is 49.2 Å². The minimum absolute atomic E-state index is 0.0466. The van der Waals surface area contributed by atoms with Crippen molar-refractivity contribution in [1.82, 2.24) is 4.90 Å². The molecule has 1 aromatic rings. The van der Waals surface area contributed by atoms with Crippen molar-refractivity contribution < 1.29 is 29.3 Å². The van der Waals surface area contributed by atoms with Crippen LogP contribution >= 0.6 is 11.6 Å². The standard InChI is InChI=1S/C27H35ClN2O6/c1-4-14-29(21-17(3)10-9-11-18(21)28)24(33)22-27-13-12-26(5-2,36-27)20(25(34)35)19(27)23(32)30(22)15-7-6-8-16-31/h4,9-11,19-20,22,31H,1,5-8,12-16H2,2-3H3,(H,34,35)/t19-,20+,22?,26-,27?/m0/s1. The maximum absolute atomic E-state index is 14.4. The maximum atomic E-state index is 14.4. The van der Waals surface area contributed by atoms with Gasteiger partial charge in [-0.1, -0.05) is 36.7 Å². The Morgan fingerprint density at radius 2 is 2.06 bits per heavy atom. The number of ether oxygens (including phenoxy) is 1. The third kappa shape index (κ3) is 3.94. The summed E-state index contributed by atoms with van der Waals surface area (Å²) in [7, 11) is 0. The Labute approximate surface area is 216 Å². The van der Waals surface area contributed by atoms with E-state index in [0.717, 1.165) is 5.56 Å². The van der Waals surface area contributed by atoms with Crippen molar-refractivity contribution in [2.75, 3.05) is 24.6 Å². The van der Waals surface area contributed by atoms with Gasteiger partial charge in [-0.3, -0.25) is 14.4 Å². The van der Waals surface area contributed by atoms with Crippen LogP contribution in [0.15, 0.2) is 30.9 Å². The molecule has 3 aliphatic heterocycles. The second-order valence-corrected chi connectivity index (χ2v) is 10.5. The second-order valence-electron chi connectivity index (χ2n) is 10.1. The summed E-state index contributed by atoms with van der Waals surface area (Å²) in [5.74, 6) is -3.67. The Morgan fingerprint density at radius 1 is 1.31 bits per heavy atom. The Morgan fingerprint density at radius 3 is 2.67 bits per heavy atom. The molecule has 196 valence electrons. The van der Waals surface area contributed by atoms with Crippen LogP contribution in [0.1, 0.15) is 51.0 Å². The van der Waals surface area contributed by atoms with Crippen molar-refractivity contribution in [1.29, 1.82) is 0 Å². The Hall–Kier alpha value is -2.42. The monoisotopic (exact) mass is 518 g/mol. The fourth-order valence-electron chi connectivity index (χ4n) is 6.72.